The molecule has 0 aliphatic carbocycles. The maximum absolute atomic E-state index is 9.63. The summed E-state index contributed by atoms with van der Waals surface area (Å²) in [5.74, 6) is 1.07. The van der Waals surface area contributed by atoms with Crippen LogP contribution >= 0.6 is 0 Å². The molecule has 0 unspecified atom stereocenters. The average Bonchev–Trinajstić information content (AvgIpc) is 2.65. The van der Waals surface area contributed by atoms with Gasteiger partial charge in [0.05, 0.1) is 13.1 Å². The predicted octanol–water partition coefficient (Wildman–Crippen LogP) is 2.99. The number of aliphatic hydroxyl groups is 1. The van der Waals surface area contributed by atoms with Crippen LogP contribution in [0.5, 0.6) is 11.5 Å². The van der Waals surface area contributed by atoms with E-state index < -0.39 is 0 Å². The number of hydrogen-bond acceptors (Lipinski definition) is 4. The Labute approximate surface area is 151 Å². The fourth-order valence-electron chi connectivity index (χ4n) is 2.83. The van der Waals surface area contributed by atoms with E-state index in [9.17, 15) is 10.2 Å². The molecule has 134 valence electrons. The lowest BCUT2D eigenvalue weighted by atomic mass is 9.85. The summed E-state index contributed by atoms with van der Waals surface area (Å²) in [6, 6.07) is 14.0. The number of benzene rings is 2. The van der Waals surface area contributed by atoms with E-state index in [4.69, 9.17) is 4.74 Å². The van der Waals surface area contributed by atoms with Crippen molar-refractivity contribution in [2.24, 2.45) is 0 Å². The molecular weight excluding hydrogens is 313 g/mol. The van der Waals surface area contributed by atoms with E-state index in [-0.39, 0.29) is 12.4 Å². The highest BCUT2D eigenvalue weighted by Crippen LogP contribution is 2.21. The van der Waals surface area contributed by atoms with Gasteiger partial charge in [0.15, 0.2) is 7.28 Å². The lowest BCUT2D eigenvalue weighted by Gasteiger charge is -2.18. The Balaban J connectivity index is 1.89. The Bertz CT molecular complexity index is 646. The molecule has 0 aliphatic heterocycles. The third-order valence-electron chi connectivity index (χ3n) is 4.28. The van der Waals surface area contributed by atoms with Gasteiger partial charge in [-0.15, -0.1) is 0 Å². The maximum Gasteiger partial charge on any atom is 0.165 e. The van der Waals surface area contributed by atoms with Crippen molar-refractivity contribution in [2.45, 2.75) is 39.2 Å². The molecule has 0 heterocycles. The Hall–Kier alpha value is -1.98. The van der Waals surface area contributed by atoms with Gasteiger partial charge in [-0.2, -0.15) is 0 Å². The van der Waals surface area contributed by atoms with Gasteiger partial charge in [0, 0.05) is 11.6 Å². The lowest BCUT2D eigenvalue weighted by Crippen LogP contribution is -2.23. The number of aromatic hydroxyl groups is 1. The van der Waals surface area contributed by atoms with Gasteiger partial charge >= 0.3 is 0 Å². The fourth-order valence-corrected chi connectivity index (χ4v) is 2.83. The highest BCUT2D eigenvalue weighted by Gasteiger charge is 2.09. The first-order chi connectivity index (χ1) is 12.2. The zero-order valence-electron chi connectivity index (χ0n) is 15.2. The van der Waals surface area contributed by atoms with Crippen LogP contribution < -0.4 is 10.1 Å². The highest BCUT2D eigenvalue weighted by molar-refractivity contribution is 6.33. The maximum atomic E-state index is 9.63. The van der Waals surface area contributed by atoms with Crippen LogP contribution in [0.4, 0.5) is 0 Å². The molecule has 25 heavy (non-hydrogen) atoms. The zero-order valence-corrected chi connectivity index (χ0v) is 15.2. The second-order valence-electron chi connectivity index (χ2n) is 6.20. The third-order valence-corrected chi connectivity index (χ3v) is 4.28. The van der Waals surface area contributed by atoms with Gasteiger partial charge in [-0.1, -0.05) is 31.9 Å². The van der Waals surface area contributed by atoms with E-state index in [1.165, 1.54) is 5.56 Å². The van der Waals surface area contributed by atoms with E-state index in [0.29, 0.717) is 11.6 Å². The minimum Gasteiger partial charge on any atom is -0.508 e. The summed E-state index contributed by atoms with van der Waals surface area (Å²) in [6.07, 6.45) is 1.86. The van der Waals surface area contributed by atoms with E-state index >= 15 is 0 Å². The smallest absolute Gasteiger partial charge is 0.165 e. The van der Waals surface area contributed by atoms with Crippen LogP contribution in [0.25, 0.3) is 0 Å². The van der Waals surface area contributed by atoms with Crippen molar-refractivity contribution >= 4 is 7.28 Å². The van der Waals surface area contributed by atoms with Gasteiger partial charge in [0.2, 0.25) is 0 Å². The van der Waals surface area contributed by atoms with Crippen molar-refractivity contribution in [1.82, 2.24) is 5.32 Å². The molecule has 0 aliphatic rings. The molecule has 2 rings (SSSR count). The van der Waals surface area contributed by atoms with Gasteiger partial charge < -0.3 is 20.3 Å². The van der Waals surface area contributed by atoms with Crippen molar-refractivity contribution in [3.63, 3.8) is 0 Å². The summed E-state index contributed by atoms with van der Waals surface area (Å²) < 4.78 is 5.63. The summed E-state index contributed by atoms with van der Waals surface area (Å²) in [4.78, 5) is 0. The molecule has 4 nitrogen and oxygen atoms in total. The van der Waals surface area contributed by atoms with Gasteiger partial charge in [-0.3, -0.25) is 0 Å². The van der Waals surface area contributed by atoms with Crippen LogP contribution in [0, 0.1) is 0 Å². The average molecular weight is 341 g/mol. The van der Waals surface area contributed by atoms with Gasteiger partial charge in [0.25, 0.3) is 0 Å². The normalized spacial score (nSPS) is 12.0. The number of phenols is 1. The first-order valence-electron chi connectivity index (χ1n) is 9.05. The van der Waals surface area contributed by atoms with Crippen molar-refractivity contribution in [3.8, 4) is 11.5 Å². The minimum atomic E-state index is -0.142. The topological polar surface area (TPSA) is 61.7 Å². The molecular formula is C20H28BNO3. The van der Waals surface area contributed by atoms with Crippen LogP contribution in [0.2, 0.25) is 6.82 Å². The van der Waals surface area contributed by atoms with E-state index in [1.807, 2.05) is 24.3 Å². The Morgan fingerprint density at radius 2 is 1.92 bits per heavy atom. The van der Waals surface area contributed by atoms with Crippen LogP contribution in [0.1, 0.15) is 36.1 Å². The number of rotatable bonds is 10. The molecule has 0 saturated carbocycles. The van der Waals surface area contributed by atoms with Gasteiger partial charge in [-0.25, -0.2) is 0 Å². The third kappa shape index (κ3) is 5.80. The van der Waals surface area contributed by atoms with Crippen LogP contribution in [-0.2, 0) is 13.0 Å². The van der Waals surface area contributed by atoms with E-state index in [0.717, 1.165) is 44.5 Å². The predicted molar refractivity (Wildman–Crippen MR) is 104 cm³/mol. The fraction of sp³-hybridized carbons (Fsp3) is 0.400. The molecule has 1 atom stereocenters. The second-order valence-corrected chi connectivity index (χ2v) is 6.20. The summed E-state index contributed by atoms with van der Waals surface area (Å²) >= 11 is 0. The van der Waals surface area contributed by atoms with Crippen molar-refractivity contribution in [1.29, 1.82) is 0 Å². The summed E-state index contributed by atoms with van der Waals surface area (Å²) in [6.45, 7) is 5.71. The SMILES string of the molecule is CBCOc1ccc([C@@H](CC)NCCc2ccc(O)c(CO)c2)cc1. The Morgan fingerprint density at radius 1 is 1.16 bits per heavy atom. The lowest BCUT2D eigenvalue weighted by molar-refractivity contribution is 0.275. The highest BCUT2D eigenvalue weighted by atomic mass is 16.5. The van der Waals surface area contributed by atoms with Gasteiger partial charge in [0.1, 0.15) is 11.5 Å². The molecule has 0 fully saturated rings. The van der Waals surface area contributed by atoms with Crippen LogP contribution in [-0.4, -0.2) is 30.5 Å². The number of nitrogens with one attached hydrogen (secondary N) is 1. The summed E-state index contributed by atoms with van der Waals surface area (Å²) in [5.41, 5.74) is 2.94. The molecule has 0 aromatic heterocycles. The van der Waals surface area contributed by atoms with Crippen LogP contribution in [0.3, 0.4) is 0 Å². The number of aliphatic hydroxyl groups excluding tert-OH is 1. The minimum absolute atomic E-state index is 0.142. The molecule has 0 radical (unpaired) electrons. The molecule has 2 aromatic rings. The number of ether oxygens (including phenoxy) is 1. The first kappa shape index (κ1) is 19.4. The Morgan fingerprint density at radius 3 is 2.56 bits per heavy atom. The zero-order chi connectivity index (χ0) is 18.1. The quantitative estimate of drug-likeness (QED) is 0.582. The monoisotopic (exact) mass is 341 g/mol. The number of hydrogen-bond donors (Lipinski definition) is 3. The summed E-state index contributed by atoms with van der Waals surface area (Å²) in [5, 5.41) is 22.4. The van der Waals surface area contributed by atoms with Crippen molar-refractivity contribution < 1.29 is 14.9 Å². The van der Waals surface area contributed by atoms with E-state index in [2.05, 4.69) is 31.2 Å². The molecule has 0 saturated heterocycles. The second kappa shape index (κ2) is 10.1. The molecule has 3 N–H and O–H groups in total. The largest absolute Gasteiger partial charge is 0.508 e. The molecule has 0 amide bonds. The van der Waals surface area contributed by atoms with E-state index in [1.54, 1.807) is 6.07 Å². The standard InChI is InChI=1S/C20H28BNO3/c1-3-19(16-5-7-18(8-6-16)25-14-21-2)22-11-10-15-4-9-20(24)17(12-15)13-23/h4-9,12,19,21-24H,3,10-11,13-14H2,1-2H3/t19-/m1/s1. The van der Waals surface area contributed by atoms with Crippen LogP contribution in [0.15, 0.2) is 42.5 Å². The molecule has 5 heteroatoms. The van der Waals surface area contributed by atoms with Gasteiger partial charge in [-0.05, 0) is 54.8 Å². The Kier molecular flexibility index (Phi) is 7.83. The molecule has 0 spiro atoms. The van der Waals surface area contributed by atoms with Crippen molar-refractivity contribution in [2.75, 3.05) is 13.1 Å². The van der Waals surface area contributed by atoms with Crippen molar-refractivity contribution in [3.05, 3.63) is 59.2 Å². The molecule has 2 aromatic carbocycles. The molecule has 0 bridgehead atoms. The summed E-state index contributed by atoms with van der Waals surface area (Å²) in [7, 11) is 1.01. The first-order valence-corrected chi connectivity index (χ1v) is 9.05.